The van der Waals surface area contributed by atoms with Crippen LogP contribution < -0.4 is 14.8 Å². The Bertz CT molecular complexity index is 926. The monoisotopic (exact) mass is 351 g/mol. The van der Waals surface area contributed by atoms with Gasteiger partial charge in [0.2, 0.25) is 12.7 Å². The summed E-state index contributed by atoms with van der Waals surface area (Å²) < 4.78 is 10.6. The van der Waals surface area contributed by atoms with Gasteiger partial charge in [-0.25, -0.2) is 0 Å². The van der Waals surface area contributed by atoms with Gasteiger partial charge in [-0.1, -0.05) is 30.3 Å². The quantitative estimate of drug-likeness (QED) is 0.678. The number of hydrogen-bond donors (Lipinski definition) is 1. The number of benzene rings is 3. The molecule has 126 valence electrons. The second kappa shape index (κ2) is 7.07. The van der Waals surface area contributed by atoms with Gasteiger partial charge >= 0.3 is 0 Å². The van der Waals surface area contributed by atoms with Crippen LogP contribution in [0.3, 0.4) is 0 Å². The van der Waals surface area contributed by atoms with E-state index in [1.807, 2.05) is 24.3 Å². The summed E-state index contributed by atoms with van der Waals surface area (Å²) in [4.78, 5) is 13.3. The second-order valence-corrected chi connectivity index (χ2v) is 6.89. The number of thioether (sulfide) groups is 1. The lowest BCUT2D eigenvalue weighted by Crippen LogP contribution is -2.12. The van der Waals surface area contributed by atoms with Gasteiger partial charge in [0.25, 0.3) is 0 Å². The Morgan fingerprint density at radius 3 is 2.72 bits per heavy atom. The van der Waals surface area contributed by atoms with Gasteiger partial charge in [0.1, 0.15) is 0 Å². The van der Waals surface area contributed by atoms with Crippen LogP contribution in [0.5, 0.6) is 11.5 Å². The molecule has 0 aromatic heterocycles. The maximum atomic E-state index is 12.1. The third-order valence-electron chi connectivity index (χ3n) is 3.98. The molecular weight excluding hydrogens is 334 g/mol. The van der Waals surface area contributed by atoms with Crippen molar-refractivity contribution in [3.63, 3.8) is 0 Å². The Hall–Kier alpha value is -2.66. The molecule has 5 heteroatoms. The highest BCUT2D eigenvalue weighted by Gasteiger charge is 2.14. The molecule has 1 heterocycles. The molecular formula is C20H17NO3S. The van der Waals surface area contributed by atoms with E-state index in [0.717, 1.165) is 11.4 Å². The van der Waals surface area contributed by atoms with Gasteiger partial charge in [0.15, 0.2) is 11.5 Å². The highest BCUT2D eigenvalue weighted by atomic mass is 32.2. The van der Waals surface area contributed by atoms with Crippen molar-refractivity contribution in [3.8, 4) is 11.5 Å². The molecule has 4 rings (SSSR count). The maximum Gasteiger partial charge on any atom is 0.231 e. The number of hydrogen-bond acceptors (Lipinski definition) is 4. The summed E-state index contributed by atoms with van der Waals surface area (Å²) in [6.07, 6.45) is 0.450. The van der Waals surface area contributed by atoms with Crippen LogP contribution in [0.25, 0.3) is 10.8 Å². The summed E-state index contributed by atoms with van der Waals surface area (Å²) in [5, 5.41) is 5.35. The Balaban J connectivity index is 1.31. The largest absolute Gasteiger partial charge is 0.454 e. The van der Waals surface area contributed by atoms with Gasteiger partial charge in [-0.15, -0.1) is 11.8 Å². The molecule has 0 saturated carbocycles. The lowest BCUT2D eigenvalue weighted by molar-refractivity contribution is -0.115. The van der Waals surface area contributed by atoms with Gasteiger partial charge in [-0.3, -0.25) is 4.79 Å². The van der Waals surface area contributed by atoms with Crippen LogP contribution in [-0.4, -0.2) is 18.5 Å². The number of amides is 1. The normalized spacial score (nSPS) is 12.3. The van der Waals surface area contributed by atoms with E-state index in [-0.39, 0.29) is 12.7 Å². The first-order chi connectivity index (χ1) is 12.3. The minimum atomic E-state index is -0.00726. The predicted octanol–water partition coefficient (Wildman–Crippen LogP) is 4.69. The molecule has 0 spiro atoms. The highest BCUT2D eigenvalue weighted by Crippen LogP contribution is 2.34. The Morgan fingerprint density at radius 1 is 0.960 bits per heavy atom. The van der Waals surface area contributed by atoms with E-state index in [9.17, 15) is 4.79 Å². The highest BCUT2D eigenvalue weighted by molar-refractivity contribution is 7.99. The number of nitrogens with one attached hydrogen (secondary N) is 1. The van der Waals surface area contributed by atoms with Crippen LogP contribution in [0.1, 0.15) is 6.42 Å². The Kier molecular flexibility index (Phi) is 4.48. The van der Waals surface area contributed by atoms with Crippen LogP contribution in [0.4, 0.5) is 5.69 Å². The molecule has 0 aliphatic carbocycles. The Morgan fingerprint density at radius 2 is 1.80 bits per heavy atom. The van der Waals surface area contributed by atoms with Crippen molar-refractivity contribution >= 4 is 34.1 Å². The summed E-state index contributed by atoms with van der Waals surface area (Å²) >= 11 is 1.69. The van der Waals surface area contributed by atoms with E-state index in [1.54, 1.807) is 17.8 Å². The standard InChI is InChI=1S/C20H17NO3S/c22-20(21-16-6-8-18-19(12-16)24-13-23-18)9-10-25-17-7-5-14-3-1-2-4-15(14)11-17/h1-8,11-12H,9-10,13H2,(H,21,22). The van der Waals surface area contributed by atoms with Crippen LogP contribution in [0.15, 0.2) is 65.6 Å². The lowest BCUT2D eigenvalue weighted by Gasteiger charge is -2.07. The van der Waals surface area contributed by atoms with Gasteiger partial charge in [0.05, 0.1) is 0 Å². The van der Waals surface area contributed by atoms with Crippen LogP contribution >= 0.6 is 11.8 Å². The zero-order valence-corrected chi connectivity index (χ0v) is 14.3. The summed E-state index contributed by atoms with van der Waals surface area (Å²) in [5.74, 6) is 2.11. The number of anilines is 1. The molecule has 4 nitrogen and oxygen atoms in total. The average Bonchev–Trinajstić information content (AvgIpc) is 3.09. The van der Waals surface area contributed by atoms with E-state index in [4.69, 9.17) is 9.47 Å². The van der Waals surface area contributed by atoms with E-state index >= 15 is 0 Å². The van der Waals surface area contributed by atoms with Crippen LogP contribution in [0.2, 0.25) is 0 Å². The zero-order valence-electron chi connectivity index (χ0n) is 13.5. The summed E-state index contributed by atoms with van der Waals surface area (Å²) in [6, 6.07) is 20.1. The zero-order chi connectivity index (χ0) is 17.1. The third-order valence-corrected chi connectivity index (χ3v) is 4.97. The number of ether oxygens (including phenoxy) is 2. The van der Waals surface area contributed by atoms with E-state index in [0.29, 0.717) is 17.9 Å². The van der Waals surface area contributed by atoms with Gasteiger partial charge in [0, 0.05) is 28.8 Å². The first kappa shape index (κ1) is 15.8. The first-order valence-corrected chi connectivity index (χ1v) is 9.08. The van der Waals surface area contributed by atoms with Gasteiger partial charge in [-0.05, 0) is 35.0 Å². The fourth-order valence-corrected chi connectivity index (χ4v) is 3.61. The molecule has 0 radical (unpaired) electrons. The molecule has 1 aliphatic rings. The molecule has 25 heavy (non-hydrogen) atoms. The molecule has 1 N–H and O–H groups in total. The van der Waals surface area contributed by atoms with Crippen molar-refractivity contribution in [2.24, 2.45) is 0 Å². The fraction of sp³-hybridized carbons (Fsp3) is 0.150. The molecule has 0 bridgehead atoms. The molecule has 0 unspecified atom stereocenters. The molecule has 0 fully saturated rings. The number of rotatable bonds is 5. The second-order valence-electron chi connectivity index (χ2n) is 5.72. The van der Waals surface area contributed by atoms with E-state index in [1.165, 1.54) is 15.7 Å². The average molecular weight is 351 g/mol. The van der Waals surface area contributed by atoms with Crippen molar-refractivity contribution in [3.05, 3.63) is 60.7 Å². The van der Waals surface area contributed by atoms with Crippen molar-refractivity contribution in [2.75, 3.05) is 17.9 Å². The molecule has 1 amide bonds. The summed E-state index contributed by atoms with van der Waals surface area (Å²) in [7, 11) is 0. The molecule has 0 saturated heterocycles. The van der Waals surface area contributed by atoms with Crippen molar-refractivity contribution in [1.29, 1.82) is 0 Å². The maximum absolute atomic E-state index is 12.1. The van der Waals surface area contributed by atoms with Crippen LogP contribution in [-0.2, 0) is 4.79 Å². The lowest BCUT2D eigenvalue weighted by atomic mass is 10.1. The predicted molar refractivity (Wildman–Crippen MR) is 100 cm³/mol. The first-order valence-electron chi connectivity index (χ1n) is 8.09. The van der Waals surface area contributed by atoms with E-state index in [2.05, 4.69) is 35.6 Å². The number of fused-ring (bicyclic) bond motifs is 2. The molecule has 1 aliphatic heterocycles. The summed E-state index contributed by atoms with van der Waals surface area (Å²) in [6.45, 7) is 0.231. The molecule has 0 atom stereocenters. The number of carbonyl (C=O) groups is 1. The summed E-state index contributed by atoms with van der Waals surface area (Å²) in [5.41, 5.74) is 0.727. The molecule has 3 aromatic carbocycles. The SMILES string of the molecule is O=C(CCSc1ccc2ccccc2c1)Nc1ccc2c(c1)OCO2. The number of carbonyl (C=O) groups excluding carboxylic acids is 1. The minimum absolute atomic E-state index is 0.00726. The Labute approximate surface area is 150 Å². The third kappa shape index (κ3) is 3.72. The van der Waals surface area contributed by atoms with Gasteiger partial charge in [-0.2, -0.15) is 0 Å². The van der Waals surface area contributed by atoms with E-state index < -0.39 is 0 Å². The van der Waals surface area contributed by atoms with Crippen molar-refractivity contribution in [1.82, 2.24) is 0 Å². The van der Waals surface area contributed by atoms with Gasteiger partial charge < -0.3 is 14.8 Å². The molecule has 3 aromatic rings. The van der Waals surface area contributed by atoms with Crippen molar-refractivity contribution < 1.29 is 14.3 Å². The van der Waals surface area contributed by atoms with Crippen LogP contribution in [0, 0.1) is 0 Å². The fourth-order valence-electron chi connectivity index (χ4n) is 2.72. The minimum Gasteiger partial charge on any atom is -0.454 e. The topological polar surface area (TPSA) is 47.6 Å². The smallest absolute Gasteiger partial charge is 0.231 e. The van der Waals surface area contributed by atoms with Crippen molar-refractivity contribution in [2.45, 2.75) is 11.3 Å².